The molecule has 1 aromatic heterocycles. The van der Waals surface area contributed by atoms with E-state index < -0.39 is 0 Å². The lowest BCUT2D eigenvalue weighted by atomic mass is 10.1. The third-order valence-electron chi connectivity index (χ3n) is 2.20. The highest BCUT2D eigenvalue weighted by molar-refractivity contribution is 9.10. The summed E-state index contributed by atoms with van der Waals surface area (Å²) < 4.78 is 14.6. The number of hydrogen-bond donors (Lipinski definition) is 0. The molecule has 0 fully saturated rings. The molecule has 88 valence electrons. The molecule has 0 saturated carbocycles. The van der Waals surface area contributed by atoms with Crippen molar-refractivity contribution in [2.45, 2.75) is 6.00 Å². The van der Waals surface area contributed by atoms with Crippen LogP contribution in [0.5, 0.6) is 0 Å². The number of hydrogen-bond acceptors (Lipinski definition) is 2. The number of rotatable bonds is 2. The molecule has 1 heterocycles. The molecule has 0 bridgehead atoms. The lowest BCUT2D eigenvalue weighted by Crippen LogP contribution is -2.20. The first-order valence-electron chi connectivity index (χ1n) is 4.71. The van der Waals surface area contributed by atoms with Crippen LogP contribution in [0.4, 0.5) is 4.39 Å². The Labute approximate surface area is 110 Å². The summed E-state index contributed by atoms with van der Waals surface area (Å²) in [4.78, 5) is 11.3. The van der Waals surface area contributed by atoms with E-state index in [0.717, 1.165) is 4.68 Å². The molecular weight excluding hydrogens is 310 g/mol. The second-order valence-electron chi connectivity index (χ2n) is 3.30. The van der Waals surface area contributed by atoms with Gasteiger partial charge in [0.2, 0.25) is 0 Å². The van der Waals surface area contributed by atoms with Gasteiger partial charge in [0.1, 0.15) is 11.8 Å². The zero-order valence-corrected chi connectivity index (χ0v) is 10.9. The Morgan fingerprint density at radius 2 is 2.12 bits per heavy atom. The van der Waals surface area contributed by atoms with Gasteiger partial charge < -0.3 is 0 Å². The zero-order valence-electron chi connectivity index (χ0n) is 8.53. The second kappa shape index (κ2) is 4.98. The Hall–Kier alpha value is -1.20. The van der Waals surface area contributed by atoms with Crippen molar-refractivity contribution in [3.8, 4) is 11.3 Å². The minimum atomic E-state index is -0.348. The Morgan fingerprint density at radius 1 is 1.35 bits per heavy atom. The van der Waals surface area contributed by atoms with Gasteiger partial charge in [-0.1, -0.05) is 0 Å². The van der Waals surface area contributed by atoms with Crippen molar-refractivity contribution in [1.29, 1.82) is 0 Å². The maximum Gasteiger partial charge on any atom is 0.267 e. The number of nitrogens with zero attached hydrogens (tertiary/aromatic N) is 2. The predicted octanol–water partition coefficient (Wildman–Crippen LogP) is 3.01. The molecule has 0 unspecified atom stereocenters. The van der Waals surface area contributed by atoms with Crippen molar-refractivity contribution in [2.75, 3.05) is 0 Å². The van der Waals surface area contributed by atoms with Crippen molar-refractivity contribution < 1.29 is 4.39 Å². The molecule has 2 rings (SSSR count). The molecule has 3 nitrogen and oxygen atoms in total. The topological polar surface area (TPSA) is 34.9 Å². The molecule has 6 heteroatoms. The van der Waals surface area contributed by atoms with Crippen LogP contribution in [-0.4, -0.2) is 9.78 Å². The monoisotopic (exact) mass is 316 g/mol. The summed E-state index contributed by atoms with van der Waals surface area (Å²) in [5.41, 5.74) is 0.994. The Morgan fingerprint density at radius 3 is 2.76 bits per heavy atom. The molecule has 0 aliphatic rings. The quantitative estimate of drug-likeness (QED) is 0.798. The summed E-state index contributed by atoms with van der Waals surface area (Å²) in [6.07, 6.45) is 0. The standard InChI is InChI=1S/C11H7BrClFN2O/c12-8-5-7(1-2-9(8)14)10-3-4-11(17)16(6-13)15-10/h1-5H,6H2. The van der Waals surface area contributed by atoms with Crippen LogP contribution in [-0.2, 0) is 6.00 Å². The fourth-order valence-corrected chi connectivity index (χ4v) is 1.89. The molecule has 0 amide bonds. The van der Waals surface area contributed by atoms with Crippen LogP contribution in [0.15, 0.2) is 39.6 Å². The number of halogens is 3. The third-order valence-corrected chi connectivity index (χ3v) is 3.03. The van der Waals surface area contributed by atoms with E-state index in [4.69, 9.17) is 11.6 Å². The van der Waals surface area contributed by atoms with Gasteiger partial charge in [-0.15, -0.1) is 11.6 Å². The first kappa shape index (κ1) is 12.3. The van der Waals surface area contributed by atoms with Gasteiger partial charge in [0, 0.05) is 11.6 Å². The average Bonchev–Trinajstić information content (AvgIpc) is 2.33. The fraction of sp³-hybridized carbons (Fsp3) is 0.0909. The van der Waals surface area contributed by atoms with E-state index in [2.05, 4.69) is 21.0 Å². The lowest BCUT2D eigenvalue weighted by molar-refractivity contribution is 0.621. The molecule has 0 aliphatic carbocycles. The van der Waals surface area contributed by atoms with Gasteiger partial charge in [-0.2, -0.15) is 5.10 Å². The van der Waals surface area contributed by atoms with Gasteiger partial charge in [-0.25, -0.2) is 9.07 Å². The first-order valence-corrected chi connectivity index (χ1v) is 6.04. The number of aromatic nitrogens is 2. The fourth-order valence-electron chi connectivity index (χ4n) is 1.34. The normalized spacial score (nSPS) is 10.5. The van der Waals surface area contributed by atoms with Crippen LogP contribution in [0.25, 0.3) is 11.3 Å². The molecule has 2 aromatic rings. The van der Waals surface area contributed by atoms with E-state index in [1.807, 2.05) is 0 Å². The highest BCUT2D eigenvalue weighted by Crippen LogP contribution is 2.23. The van der Waals surface area contributed by atoms with Crippen LogP contribution in [0.2, 0.25) is 0 Å². The van der Waals surface area contributed by atoms with Crippen LogP contribution >= 0.6 is 27.5 Å². The third kappa shape index (κ3) is 2.56. The van der Waals surface area contributed by atoms with Crippen molar-refractivity contribution in [3.63, 3.8) is 0 Å². The summed E-state index contributed by atoms with van der Waals surface area (Å²) in [7, 11) is 0. The highest BCUT2D eigenvalue weighted by atomic mass is 79.9. The maximum absolute atomic E-state index is 13.1. The van der Waals surface area contributed by atoms with Gasteiger partial charge >= 0.3 is 0 Å². The number of alkyl halides is 1. The van der Waals surface area contributed by atoms with E-state index in [1.165, 1.54) is 12.1 Å². The van der Waals surface area contributed by atoms with Gasteiger partial charge in [0.15, 0.2) is 0 Å². The van der Waals surface area contributed by atoms with Gasteiger partial charge in [0.25, 0.3) is 5.56 Å². The van der Waals surface area contributed by atoms with Crippen molar-refractivity contribution in [1.82, 2.24) is 9.78 Å². The smallest absolute Gasteiger partial charge is 0.267 e. The Kier molecular flexibility index (Phi) is 3.59. The molecule has 0 spiro atoms. The molecule has 0 saturated heterocycles. The van der Waals surface area contributed by atoms with E-state index >= 15 is 0 Å². The van der Waals surface area contributed by atoms with Crippen molar-refractivity contribution in [3.05, 3.63) is 51.0 Å². The molecule has 1 aromatic carbocycles. The molecule has 0 aliphatic heterocycles. The molecular formula is C11H7BrClFN2O. The van der Waals surface area contributed by atoms with E-state index in [1.54, 1.807) is 18.2 Å². The van der Waals surface area contributed by atoms with E-state index in [-0.39, 0.29) is 17.4 Å². The minimum absolute atomic E-state index is 0.0188. The summed E-state index contributed by atoms with van der Waals surface area (Å²) in [5.74, 6) is -0.348. The van der Waals surface area contributed by atoms with E-state index in [9.17, 15) is 9.18 Å². The average molecular weight is 318 g/mol. The summed E-state index contributed by atoms with van der Waals surface area (Å²) >= 11 is 8.68. The van der Waals surface area contributed by atoms with Crippen LogP contribution in [0.3, 0.4) is 0 Å². The molecule has 0 atom stereocenters. The molecule has 0 N–H and O–H groups in total. The molecule has 17 heavy (non-hydrogen) atoms. The zero-order chi connectivity index (χ0) is 12.4. The molecule has 0 radical (unpaired) electrons. The maximum atomic E-state index is 13.1. The van der Waals surface area contributed by atoms with Crippen molar-refractivity contribution >= 4 is 27.5 Å². The lowest BCUT2D eigenvalue weighted by Gasteiger charge is -2.04. The summed E-state index contributed by atoms with van der Waals surface area (Å²) in [6.45, 7) is 0. The SMILES string of the molecule is O=c1ccc(-c2ccc(F)c(Br)c2)nn1CCl. The first-order chi connectivity index (χ1) is 8.11. The summed E-state index contributed by atoms with van der Waals surface area (Å²) in [6, 6.07) is 7.45. The van der Waals surface area contributed by atoms with Crippen LogP contribution in [0, 0.1) is 5.82 Å². The Balaban J connectivity index is 2.53. The number of benzene rings is 1. The van der Waals surface area contributed by atoms with Crippen LogP contribution in [0.1, 0.15) is 0 Å². The second-order valence-corrected chi connectivity index (χ2v) is 4.40. The largest absolute Gasteiger partial charge is 0.268 e. The highest BCUT2D eigenvalue weighted by Gasteiger charge is 2.05. The Bertz CT molecular complexity index is 615. The van der Waals surface area contributed by atoms with Crippen molar-refractivity contribution in [2.24, 2.45) is 0 Å². The van der Waals surface area contributed by atoms with Gasteiger partial charge in [-0.05, 0) is 40.2 Å². The summed E-state index contributed by atoms with van der Waals surface area (Å²) in [5, 5.41) is 4.06. The van der Waals surface area contributed by atoms with Gasteiger partial charge in [-0.3, -0.25) is 4.79 Å². The van der Waals surface area contributed by atoms with Gasteiger partial charge in [0.05, 0.1) is 10.2 Å². The minimum Gasteiger partial charge on any atom is -0.268 e. The van der Waals surface area contributed by atoms with Crippen LogP contribution < -0.4 is 5.56 Å². The van der Waals surface area contributed by atoms with E-state index in [0.29, 0.717) is 15.7 Å². The predicted molar refractivity (Wildman–Crippen MR) is 67.4 cm³/mol.